The summed E-state index contributed by atoms with van der Waals surface area (Å²) >= 11 is 7.56. The van der Waals surface area contributed by atoms with Crippen molar-refractivity contribution in [2.45, 2.75) is 31.6 Å². The second kappa shape index (κ2) is 7.78. The van der Waals surface area contributed by atoms with Crippen molar-refractivity contribution in [2.24, 2.45) is 0 Å². The maximum absolute atomic E-state index is 11.2. The van der Waals surface area contributed by atoms with Gasteiger partial charge < -0.3 is 10.4 Å². The van der Waals surface area contributed by atoms with E-state index in [0.29, 0.717) is 13.0 Å². The fraction of sp³-hybridized carbons (Fsp3) is 0.500. The van der Waals surface area contributed by atoms with Gasteiger partial charge in [-0.05, 0) is 43.3 Å². The summed E-state index contributed by atoms with van der Waals surface area (Å²) in [4.78, 5) is 11.2. The first-order valence-corrected chi connectivity index (χ1v) is 7.82. The quantitative estimate of drug-likeness (QED) is 0.722. The van der Waals surface area contributed by atoms with Crippen LogP contribution in [0.5, 0.6) is 0 Å². The molecule has 0 aliphatic heterocycles. The lowest BCUT2D eigenvalue weighted by Crippen LogP contribution is -2.49. The molecule has 3 nitrogen and oxygen atoms in total. The highest BCUT2D eigenvalue weighted by Crippen LogP contribution is 2.19. The highest BCUT2D eigenvalue weighted by molar-refractivity contribution is 7.98. The molecule has 0 radical (unpaired) electrons. The molecule has 1 unspecified atom stereocenters. The first-order valence-electron chi connectivity index (χ1n) is 6.28. The van der Waals surface area contributed by atoms with E-state index in [-0.39, 0.29) is 0 Å². The number of carbonyl (C=O) groups is 1. The van der Waals surface area contributed by atoms with Gasteiger partial charge in [-0.2, -0.15) is 11.8 Å². The van der Waals surface area contributed by atoms with Gasteiger partial charge >= 0.3 is 5.97 Å². The SMILES string of the molecule is CCNC(C)(CCSCc1ccc(Cl)cc1)C(=O)O. The number of hydrogen-bond donors (Lipinski definition) is 2. The van der Waals surface area contributed by atoms with E-state index in [1.807, 2.05) is 31.2 Å². The maximum Gasteiger partial charge on any atom is 0.323 e. The minimum Gasteiger partial charge on any atom is -0.480 e. The van der Waals surface area contributed by atoms with E-state index in [9.17, 15) is 9.90 Å². The van der Waals surface area contributed by atoms with Crippen LogP contribution in [0.25, 0.3) is 0 Å². The van der Waals surface area contributed by atoms with Crippen molar-refractivity contribution in [3.63, 3.8) is 0 Å². The van der Waals surface area contributed by atoms with Crippen LogP contribution in [-0.4, -0.2) is 28.9 Å². The predicted molar refractivity (Wildman–Crippen MR) is 81.9 cm³/mol. The lowest BCUT2D eigenvalue weighted by atomic mass is 9.99. The summed E-state index contributed by atoms with van der Waals surface area (Å²) in [5.41, 5.74) is 0.372. The third-order valence-electron chi connectivity index (χ3n) is 2.97. The summed E-state index contributed by atoms with van der Waals surface area (Å²) in [6, 6.07) is 7.74. The zero-order valence-corrected chi connectivity index (χ0v) is 12.9. The van der Waals surface area contributed by atoms with Gasteiger partial charge in [0.1, 0.15) is 5.54 Å². The number of nitrogens with one attached hydrogen (secondary N) is 1. The second-order valence-electron chi connectivity index (χ2n) is 4.60. The Morgan fingerprint density at radius 3 is 2.58 bits per heavy atom. The number of rotatable bonds is 8. The maximum atomic E-state index is 11.2. The summed E-state index contributed by atoms with van der Waals surface area (Å²) in [6.07, 6.45) is 0.606. The molecule has 0 saturated heterocycles. The Balaban J connectivity index is 2.36. The van der Waals surface area contributed by atoms with Crippen molar-refractivity contribution in [1.29, 1.82) is 0 Å². The molecule has 0 amide bonds. The molecule has 2 N–H and O–H groups in total. The summed E-state index contributed by atoms with van der Waals surface area (Å²) in [6.45, 7) is 4.31. The monoisotopic (exact) mass is 301 g/mol. The zero-order valence-electron chi connectivity index (χ0n) is 11.3. The van der Waals surface area contributed by atoms with Crippen LogP contribution in [0.15, 0.2) is 24.3 Å². The first kappa shape index (κ1) is 16.3. The molecule has 0 fully saturated rings. The Morgan fingerprint density at radius 2 is 2.05 bits per heavy atom. The number of halogens is 1. The fourth-order valence-corrected chi connectivity index (χ4v) is 2.96. The van der Waals surface area contributed by atoms with Crippen LogP contribution in [0.1, 0.15) is 25.8 Å². The van der Waals surface area contributed by atoms with Crippen LogP contribution in [0.4, 0.5) is 0 Å². The molecule has 0 bridgehead atoms. The molecule has 5 heteroatoms. The predicted octanol–water partition coefficient (Wildman–Crippen LogP) is 3.42. The normalized spacial score (nSPS) is 14.1. The van der Waals surface area contributed by atoms with Crippen LogP contribution in [-0.2, 0) is 10.5 Å². The smallest absolute Gasteiger partial charge is 0.323 e. The van der Waals surface area contributed by atoms with Crippen molar-refractivity contribution in [1.82, 2.24) is 5.32 Å². The highest BCUT2D eigenvalue weighted by Gasteiger charge is 2.31. The van der Waals surface area contributed by atoms with Gasteiger partial charge in [0, 0.05) is 10.8 Å². The molecule has 1 rings (SSSR count). The van der Waals surface area contributed by atoms with Gasteiger partial charge in [0.2, 0.25) is 0 Å². The van der Waals surface area contributed by atoms with Crippen LogP contribution in [0, 0.1) is 0 Å². The molecule has 0 aliphatic rings. The minimum atomic E-state index is -0.832. The summed E-state index contributed by atoms with van der Waals surface area (Å²) in [5.74, 6) is 0.888. The topological polar surface area (TPSA) is 49.3 Å². The molecular weight excluding hydrogens is 282 g/mol. The Kier molecular flexibility index (Phi) is 6.69. The lowest BCUT2D eigenvalue weighted by Gasteiger charge is -2.25. The lowest BCUT2D eigenvalue weighted by molar-refractivity contribution is -0.144. The van der Waals surface area contributed by atoms with Gasteiger partial charge in [0.15, 0.2) is 0 Å². The van der Waals surface area contributed by atoms with Crippen molar-refractivity contribution in [3.05, 3.63) is 34.9 Å². The fourth-order valence-electron chi connectivity index (χ4n) is 1.71. The minimum absolute atomic E-state index is 0.606. The standard InChI is InChI=1S/C14H20ClNO2S/c1-3-16-14(2,13(17)18)8-9-19-10-11-4-6-12(15)7-5-11/h4-7,16H,3,8-10H2,1-2H3,(H,17,18). The molecule has 0 aromatic heterocycles. The van der Waals surface area contributed by atoms with E-state index in [2.05, 4.69) is 5.32 Å². The van der Waals surface area contributed by atoms with Gasteiger partial charge in [-0.15, -0.1) is 0 Å². The zero-order chi connectivity index (χ0) is 14.3. The third-order valence-corrected chi connectivity index (χ3v) is 4.25. The Bertz CT molecular complexity index is 410. The molecule has 0 saturated carbocycles. The summed E-state index contributed by atoms with van der Waals surface area (Å²) in [7, 11) is 0. The van der Waals surface area contributed by atoms with E-state index < -0.39 is 11.5 Å². The summed E-state index contributed by atoms with van der Waals surface area (Å²) < 4.78 is 0. The molecular formula is C14H20ClNO2S. The summed E-state index contributed by atoms with van der Waals surface area (Å²) in [5, 5.41) is 13.0. The number of thioether (sulfide) groups is 1. The number of hydrogen-bond acceptors (Lipinski definition) is 3. The average molecular weight is 302 g/mol. The van der Waals surface area contributed by atoms with Crippen LogP contribution >= 0.6 is 23.4 Å². The van der Waals surface area contributed by atoms with Crippen LogP contribution in [0.2, 0.25) is 5.02 Å². The van der Waals surface area contributed by atoms with Crippen molar-refractivity contribution in [2.75, 3.05) is 12.3 Å². The number of carboxylic acids is 1. The number of aliphatic carboxylic acids is 1. The van der Waals surface area contributed by atoms with Crippen molar-refractivity contribution >= 4 is 29.3 Å². The van der Waals surface area contributed by atoms with E-state index in [1.54, 1.807) is 18.7 Å². The van der Waals surface area contributed by atoms with Gasteiger partial charge in [-0.1, -0.05) is 30.7 Å². The molecule has 0 aliphatic carbocycles. The van der Waals surface area contributed by atoms with Crippen LogP contribution in [0.3, 0.4) is 0 Å². The van der Waals surface area contributed by atoms with Gasteiger partial charge in [-0.25, -0.2) is 0 Å². The Morgan fingerprint density at radius 1 is 1.42 bits per heavy atom. The molecule has 0 spiro atoms. The first-order chi connectivity index (χ1) is 8.98. The van der Waals surface area contributed by atoms with E-state index in [4.69, 9.17) is 11.6 Å². The van der Waals surface area contributed by atoms with Crippen molar-refractivity contribution in [3.8, 4) is 0 Å². The average Bonchev–Trinajstić information content (AvgIpc) is 2.37. The third kappa shape index (κ3) is 5.43. The molecule has 0 heterocycles. The Labute approximate surface area is 123 Å². The van der Waals surface area contributed by atoms with Gasteiger partial charge in [0.25, 0.3) is 0 Å². The van der Waals surface area contributed by atoms with Crippen LogP contribution < -0.4 is 5.32 Å². The van der Waals surface area contributed by atoms with E-state index in [1.165, 1.54) is 5.56 Å². The highest BCUT2D eigenvalue weighted by atomic mass is 35.5. The number of benzene rings is 1. The van der Waals surface area contributed by atoms with Gasteiger partial charge in [-0.3, -0.25) is 4.79 Å². The van der Waals surface area contributed by atoms with E-state index >= 15 is 0 Å². The van der Waals surface area contributed by atoms with Gasteiger partial charge in [0.05, 0.1) is 0 Å². The largest absolute Gasteiger partial charge is 0.480 e. The molecule has 106 valence electrons. The second-order valence-corrected chi connectivity index (χ2v) is 6.14. The number of likely N-dealkylation sites (N-methyl/N-ethyl adjacent to an activating group) is 1. The molecule has 19 heavy (non-hydrogen) atoms. The van der Waals surface area contributed by atoms with Crippen molar-refractivity contribution < 1.29 is 9.90 Å². The number of carboxylic acid groups (broad SMARTS) is 1. The molecule has 1 aromatic carbocycles. The molecule has 1 aromatic rings. The van der Waals surface area contributed by atoms with E-state index in [0.717, 1.165) is 16.5 Å². The molecule has 1 atom stereocenters. The Hall–Kier alpha value is -0.710.